The molecule has 0 spiro atoms. The van der Waals surface area contributed by atoms with Gasteiger partial charge in [-0.3, -0.25) is 9.13 Å². The average molecular weight is 208 g/mol. The molecule has 0 N–H and O–H groups in total. The maximum Gasteiger partial charge on any atom is 0.138 e. The fraction of sp³-hybridized carbons (Fsp3) is 0.750. The minimum atomic E-state index is 1.19. The van der Waals surface area contributed by atoms with E-state index in [9.17, 15) is 0 Å². The van der Waals surface area contributed by atoms with E-state index in [0.717, 1.165) is 0 Å². The van der Waals surface area contributed by atoms with E-state index in [2.05, 4.69) is 13.5 Å². The van der Waals surface area contributed by atoms with Crippen LogP contribution in [0.3, 0.4) is 0 Å². The Labute approximate surface area is 79.7 Å². The summed E-state index contributed by atoms with van der Waals surface area (Å²) in [4.78, 5) is 0. The Morgan fingerprint density at radius 2 is 1.58 bits per heavy atom. The van der Waals surface area contributed by atoms with Gasteiger partial charge >= 0.3 is 0 Å². The molecule has 0 aliphatic heterocycles. The summed E-state index contributed by atoms with van der Waals surface area (Å²) in [5.41, 5.74) is 0. The van der Waals surface area contributed by atoms with E-state index in [4.69, 9.17) is 9.13 Å². The van der Waals surface area contributed by atoms with E-state index in [-0.39, 0.29) is 0 Å². The Morgan fingerprint density at radius 1 is 1.08 bits per heavy atom. The number of unbranched alkanes of at least 4 members (excludes halogenated alkanes) is 4. The summed E-state index contributed by atoms with van der Waals surface area (Å²) in [5.74, 6) is 0. The first kappa shape index (κ1) is 17.9. The van der Waals surface area contributed by atoms with Crippen molar-refractivity contribution in [3.05, 3.63) is 12.7 Å². The van der Waals surface area contributed by atoms with E-state index in [1.807, 2.05) is 6.08 Å². The fourth-order valence-corrected chi connectivity index (χ4v) is 0.715. The van der Waals surface area contributed by atoms with Gasteiger partial charge in [0.1, 0.15) is 18.2 Å². The van der Waals surface area contributed by atoms with Crippen molar-refractivity contribution in [1.29, 1.82) is 0 Å². The normalized spacial score (nSPS) is 6.75. The van der Waals surface area contributed by atoms with Gasteiger partial charge in [-0.25, -0.2) is 0 Å². The third-order valence-electron chi connectivity index (χ3n) is 1.26. The first-order valence-electron chi connectivity index (χ1n) is 3.93. The predicted molar refractivity (Wildman–Crippen MR) is 57.0 cm³/mol. The third kappa shape index (κ3) is 32.6. The fourth-order valence-electron chi connectivity index (χ4n) is 0.715. The topological polar surface area (TPSA) is 34.1 Å². The zero-order chi connectivity index (χ0) is 10.2. The second-order valence-corrected chi connectivity index (χ2v) is 2.14. The first-order chi connectivity index (χ1) is 5.91. The highest BCUT2D eigenvalue weighted by Gasteiger charge is 1.81. The molecule has 0 radical (unpaired) electrons. The van der Waals surface area contributed by atoms with Gasteiger partial charge in [-0.05, 0) is 12.8 Å². The molecule has 0 fully saturated rings. The minimum absolute atomic E-state index is 1.19. The Morgan fingerprint density at radius 3 is 1.92 bits per heavy atom. The van der Waals surface area contributed by atoms with Crippen molar-refractivity contribution < 1.29 is 9.13 Å². The first-order valence-corrected chi connectivity index (χ1v) is 4.75. The molecule has 72 valence electrons. The summed E-state index contributed by atoms with van der Waals surface area (Å²) in [6.07, 6.45) is 8.61. The van der Waals surface area contributed by atoms with Crippen LogP contribution in [0.15, 0.2) is 12.7 Å². The van der Waals surface area contributed by atoms with Gasteiger partial charge in [0.25, 0.3) is 0 Å². The molecule has 0 saturated heterocycles. The van der Waals surface area contributed by atoms with Crippen LogP contribution in [0.4, 0.5) is 0 Å². The van der Waals surface area contributed by atoms with Crippen molar-refractivity contribution in [2.24, 2.45) is 0 Å². The Balaban J connectivity index is -0.000000175. The van der Waals surface area contributed by atoms with E-state index in [1.165, 1.54) is 32.1 Å². The van der Waals surface area contributed by atoms with E-state index in [0.29, 0.717) is 0 Å². The quantitative estimate of drug-likeness (QED) is 0.387. The minimum Gasteiger partial charge on any atom is -0.279 e. The Hall–Kier alpha value is -0.0600. The second kappa shape index (κ2) is 30.6. The zero-order valence-electron chi connectivity index (χ0n) is 7.64. The van der Waals surface area contributed by atoms with Crippen LogP contribution in [0.2, 0.25) is 0 Å². The molecule has 0 aliphatic rings. The van der Waals surface area contributed by atoms with Gasteiger partial charge in [0.05, 0.1) is 0 Å². The van der Waals surface area contributed by atoms with Crippen LogP contribution in [0, 0.1) is 0 Å². The molecular weight excluding hydrogens is 190 g/mol. The lowest BCUT2D eigenvalue weighted by atomic mass is 10.2. The van der Waals surface area contributed by atoms with Gasteiger partial charge in [0, 0.05) is 0 Å². The summed E-state index contributed by atoms with van der Waals surface area (Å²) >= 11 is 0. The lowest BCUT2D eigenvalue weighted by Crippen LogP contribution is -1.71. The van der Waals surface area contributed by atoms with Crippen LogP contribution in [-0.4, -0.2) is 0 Å². The van der Waals surface area contributed by atoms with Crippen molar-refractivity contribution in [1.82, 2.24) is 0 Å². The van der Waals surface area contributed by atoms with Crippen molar-refractivity contribution >= 4 is 18.2 Å². The van der Waals surface area contributed by atoms with Gasteiger partial charge in [-0.2, -0.15) is 0 Å². The van der Waals surface area contributed by atoms with Crippen molar-refractivity contribution in [3.63, 3.8) is 0 Å². The van der Waals surface area contributed by atoms with Crippen molar-refractivity contribution in [3.8, 4) is 0 Å². The summed E-state index contributed by atoms with van der Waals surface area (Å²) in [5, 5.41) is 0. The maximum atomic E-state index is 8.06. The Kier molecular flexibility index (Phi) is 45.6. The highest BCUT2D eigenvalue weighted by Crippen LogP contribution is 2.01. The highest BCUT2D eigenvalue weighted by atomic mass is 31.0. The Bertz CT molecular complexity index is 77.5. The lowest BCUT2D eigenvalue weighted by Gasteiger charge is -1.91. The van der Waals surface area contributed by atoms with Gasteiger partial charge in [0.15, 0.2) is 0 Å². The molecule has 12 heavy (non-hydrogen) atoms. The van der Waals surface area contributed by atoms with Crippen LogP contribution in [0.1, 0.15) is 39.0 Å². The molecule has 0 bridgehead atoms. The van der Waals surface area contributed by atoms with Crippen molar-refractivity contribution in [2.75, 3.05) is 0 Å². The zero-order valence-corrected chi connectivity index (χ0v) is 9.64. The molecular formula is C8H18O2P2. The number of hydrogen-bond donors (Lipinski definition) is 0. The van der Waals surface area contributed by atoms with Crippen LogP contribution >= 0.6 is 18.2 Å². The monoisotopic (exact) mass is 208 g/mol. The number of hydrogen-bond acceptors (Lipinski definition) is 2. The smallest absolute Gasteiger partial charge is 0.138 e. The van der Waals surface area contributed by atoms with Crippen LogP contribution in [0.25, 0.3) is 0 Å². The summed E-state index contributed by atoms with van der Waals surface area (Å²) in [7, 11) is 3.44. The number of allylic oxidation sites excluding steroid dienone is 1. The van der Waals surface area contributed by atoms with E-state index in [1.54, 1.807) is 18.2 Å². The van der Waals surface area contributed by atoms with Gasteiger partial charge in [-0.1, -0.05) is 32.3 Å². The molecule has 0 aromatic rings. The third-order valence-corrected chi connectivity index (χ3v) is 1.26. The van der Waals surface area contributed by atoms with Gasteiger partial charge in [-0.15, -0.1) is 6.58 Å². The van der Waals surface area contributed by atoms with Crippen LogP contribution < -0.4 is 0 Å². The summed E-state index contributed by atoms with van der Waals surface area (Å²) in [6.45, 7) is 5.89. The molecule has 0 heterocycles. The van der Waals surface area contributed by atoms with E-state index < -0.39 is 0 Å². The predicted octanol–water partition coefficient (Wildman–Crippen LogP) is 4.09. The van der Waals surface area contributed by atoms with E-state index >= 15 is 0 Å². The molecule has 4 heteroatoms. The molecule has 0 amide bonds. The standard InChI is InChI=1S/C8H16.2HOP/c1-3-5-7-8-6-4-2;2*1-2/h3H,1,4-8H2,2H3;2*2H. The molecule has 0 aliphatic carbocycles. The molecule has 2 nitrogen and oxygen atoms in total. The molecule has 0 saturated carbocycles. The SMILES string of the molecule is C=CCCCCCC.O=P.O=P. The largest absolute Gasteiger partial charge is 0.279 e. The summed E-state index contributed by atoms with van der Waals surface area (Å²) in [6, 6.07) is 0. The van der Waals surface area contributed by atoms with Crippen molar-refractivity contribution in [2.45, 2.75) is 39.0 Å². The lowest BCUT2D eigenvalue weighted by molar-refractivity contribution is 0.607. The maximum absolute atomic E-state index is 8.06. The molecule has 0 atom stereocenters. The van der Waals surface area contributed by atoms with Crippen LogP contribution in [-0.2, 0) is 9.13 Å². The molecule has 0 rings (SSSR count). The van der Waals surface area contributed by atoms with Crippen LogP contribution in [0.5, 0.6) is 0 Å². The van der Waals surface area contributed by atoms with Gasteiger partial charge in [0.2, 0.25) is 0 Å². The molecule has 0 aromatic heterocycles. The molecule has 0 aromatic carbocycles. The highest BCUT2D eigenvalue weighted by molar-refractivity contribution is 7.00. The number of rotatable bonds is 5. The average Bonchev–Trinajstić information content (AvgIpc) is 2.19. The van der Waals surface area contributed by atoms with Gasteiger partial charge < -0.3 is 0 Å². The summed E-state index contributed by atoms with van der Waals surface area (Å²) < 4.78 is 16.1. The second-order valence-electron chi connectivity index (χ2n) is 2.14. The molecule has 0 unspecified atom stereocenters.